The number of carbonyl (C=O) groups is 1. The fraction of sp³-hybridized carbons (Fsp3) is 0.933. The Hall–Kier alpha value is -0.690. The second-order valence-corrected chi connectivity index (χ2v) is 6.18. The summed E-state index contributed by atoms with van der Waals surface area (Å²) in [5.41, 5.74) is 0. The summed E-state index contributed by atoms with van der Waals surface area (Å²) in [7, 11) is 1.73. The van der Waals surface area contributed by atoms with E-state index in [1.807, 2.05) is 0 Å². The predicted octanol–water partition coefficient (Wildman–Crippen LogP) is 0.524. The molecule has 1 amide bonds. The lowest BCUT2D eigenvalue weighted by molar-refractivity contribution is -0.185. The normalized spacial score (nSPS) is 34.0. The first-order valence-corrected chi connectivity index (χ1v) is 8.07. The van der Waals surface area contributed by atoms with Gasteiger partial charge < -0.3 is 14.4 Å². The van der Waals surface area contributed by atoms with Crippen molar-refractivity contribution in [3.8, 4) is 0 Å². The van der Waals surface area contributed by atoms with E-state index >= 15 is 0 Å². The summed E-state index contributed by atoms with van der Waals surface area (Å²) in [5.74, 6) is 0.507. The van der Waals surface area contributed by atoms with E-state index in [1.165, 1.54) is 0 Å². The monoisotopic (exact) mass is 298 g/mol. The van der Waals surface area contributed by atoms with Crippen LogP contribution in [0.1, 0.15) is 19.3 Å². The van der Waals surface area contributed by atoms with Crippen LogP contribution in [0.25, 0.3) is 0 Å². The number of ether oxygens (including phenoxy) is 2. The Bertz CT molecular complexity index is 360. The van der Waals surface area contributed by atoms with Gasteiger partial charge in [0.2, 0.25) is 5.91 Å². The number of methoxy groups -OCH3 is 1. The highest BCUT2D eigenvalue weighted by molar-refractivity contribution is 5.78. The molecule has 0 bridgehead atoms. The van der Waals surface area contributed by atoms with Gasteiger partial charge in [-0.1, -0.05) is 0 Å². The maximum atomic E-state index is 12.7. The summed E-state index contributed by atoms with van der Waals surface area (Å²) in [6.45, 7) is 5.74. The maximum absolute atomic E-state index is 12.7. The number of hydroxylamine groups is 2. The lowest BCUT2D eigenvalue weighted by Crippen LogP contribution is -2.54. The van der Waals surface area contributed by atoms with Crippen LogP contribution in [0.4, 0.5) is 0 Å². The number of likely N-dealkylation sites (tertiary alicyclic amines) is 1. The van der Waals surface area contributed by atoms with Crippen molar-refractivity contribution in [3.05, 3.63) is 0 Å². The van der Waals surface area contributed by atoms with Crippen molar-refractivity contribution in [1.82, 2.24) is 9.96 Å². The minimum Gasteiger partial charge on any atom is -0.383 e. The zero-order chi connectivity index (χ0) is 14.7. The Morgan fingerprint density at radius 1 is 1.29 bits per heavy atom. The number of nitrogens with zero attached hydrogens (tertiary/aromatic N) is 2. The molecule has 3 aliphatic heterocycles. The number of rotatable bonds is 4. The van der Waals surface area contributed by atoms with E-state index in [4.69, 9.17) is 14.3 Å². The van der Waals surface area contributed by atoms with Gasteiger partial charge in [0.1, 0.15) is 0 Å². The van der Waals surface area contributed by atoms with Gasteiger partial charge in [0, 0.05) is 45.2 Å². The number of carbonyl (C=O) groups excluding carboxylic acids is 1. The van der Waals surface area contributed by atoms with Crippen LogP contribution in [0.3, 0.4) is 0 Å². The van der Waals surface area contributed by atoms with Crippen molar-refractivity contribution in [2.24, 2.45) is 11.8 Å². The fourth-order valence-corrected chi connectivity index (χ4v) is 3.72. The van der Waals surface area contributed by atoms with Gasteiger partial charge in [0.05, 0.1) is 25.9 Å². The SMILES string of the molecule is COCCN1CC[C@@H]2OCC[C@H](C(=O)N3CCCO3)[C@H]2C1. The zero-order valence-corrected chi connectivity index (χ0v) is 12.8. The van der Waals surface area contributed by atoms with Gasteiger partial charge in [-0.15, -0.1) is 0 Å². The van der Waals surface area contributed by atoms with Crippen LogP contribution in [-0.2, 0) is 19.1 Å². The maximum Gasteiger partial charge on any atom is 0.249 e. The molecular formula is C15H26N2O4. The minimum atomic E-state index is 0.0483. The quantitative estimate of drug-likeness (QED) is 0.757. The van der Waals surface area contributed by atoms with E-state index in [0.29, 0.717) is 19.1 Å². The molecular weight excluding hydrogens is 272 g/mol. The van der Waals surface area contributed by atoms with E-state index in [-0.39, 0.29) is 17.9 Å². The largest absolute Gasteiger partial charge is 0.383 e. The average molecular weight is 298 g/mol. The van der Waals surface area contributed by atoms with E-state index in [0.717, 1.165) is 52.0 Å². The number of hydrogen-bond acceptors (Lipinski definition) is 5. The highest BCUT2D eigenvalue weighted by Gasteiger charge is 2.43. The molecule has 3 rings (SSSR count). The Balaban J connectivity index is 1.63. The van der Waals surface area contributed by atoms with Crippen molar-refractivity contribution in [3.63, 3.8) is 0 Å². The first-order chi connectivity index (χ1) is 10.3. The van der Waals surface area contributed by atoms with Crippen LogP contribution in [0, 0.1) is 11.8 Å². The summed E-state index contributed by atoms with van der Waals surface area (Å²) in [6, 6.07) is 0. The van der Waals surface area contributed by atoms with Crippen molar-refractivity contribution in [1.29, 1.82) is 0 Å². The van der Waals surface area contributed by atoms with E-state index < -0.39 is 0 Å². The molecule has 0 aromatic carbocycles. The van der Waals surface area contributed by atoms with E-state index in [1.54, 1.807) is 12.2 Å². The smallest absolute Gasteiger partial charge is 0.249 e. The van der Waals surface area contributed by atoms with Crippen LogP contribution in [-0.4, -0.2) is 75.1 Å². The van der Waals surface area contributed by atoms with Gasteiger partial charge in [-0.3, -0.25) is 9.63 Å². The molecule has 120 valence electrons. The predicted molar refractivity (Wildman–Crippen MR) is 76.6 cm³/mol. The van der Waals surface area contributed by atoms with Crippen molar-refractivity contribution in [2.45, 2.75) is 25.4 Å². The molecule has 3 saturated heterocycles. The summed E-state index contributed by atoms with van der Waals surface area (Å²) in [4.78, 5) is 20.5. The summed E-state index contributed by atoms with van der Waals surface area (Å²) >= 11 is 0. The molecule has 3 heterocycles. The van der Waals surface area contributed by atoms with Gasteiger partial charge >= 0.3 is 0 Å². The third-order valence-corrected chi connectivity index (χ3v) is 4.88. The molecule has 3 aliphatic rings. The molecule has 21 heavy (non-hydrogen) atoms. The first kappa shape index (κ1) is 15.2. The molecule has 0 radical (unpaired) electrons. The fourth-order valence-electron chi connectivity index (χ4n) is 3.72. The van der Waals surface area contributed by atoms with Crippen LogP contribution in [0.2, 0.25) is 0 Å². The minimum absolute atomic E-state index is 0.0483. The second-order valence-electron chi connectivity index (χ2n) is 6.18. The number of fused-ring (bicyclic) bond motifs is 1. The molecule has 3 fully saturated rings. The van der Waals surface area contributed by atoms with Crippen LogP contribution < -0.4 is 0 Å². The molecule has 0 aromatic rings. The summed E-state index contributed by atoms with van der Waals surface area (Å²) in [5, 5.41) is 1.58. The average Bonchev–Trinajstić information content (AvgIpc) is 3.06. The molecule has 3 atom stereocenters. The highest BCUT2D eigenvalue weighted by Crippen LogP contribution is 2.34. The van der Waals surface area contributed by atoms with E-state index in [2.05, 4.69) is 4.90 Å². The summed E-state index contributed by atoms with van der Waals surface area (Å²) in [6.07, 6.45) is 3.01. The Labute approximate surface area is 126 Å². The van der Waals surface area contributed by atoms with Gasteiger partial charge in [-0.2, -0.15) is 0 Å². The molecule has 6 nitrogen and oxygen atoms in total. The number of piperidine rings is 1. The Morgan fingerprint density at radius 3 is 2.95 bits per heavy atom. The van der Waals surface area contributed by atoms with Crippen LogP contribution >= 0.6 is 0 Å². The van der Waals surface area contributed by atoms with Crippen LogP contribution in [0.15, 0.2) is 0 Å². The number of hydrogen-bond donors (Lipinski definition) is 0. The van der Waals surface area contributed by atoms with Crippen molar-refractivity contribution < 1.29 is 19.1 Å². The molecule has 0 N–H and O–H groups in total. The molecule has 6 heteroatoms. The molecule has 0 unspecified atom stereocenters. The standard InChI is InChI=1S/C15H26N2O4/c1-19-10-7-16-6-3-14-13(11-16)12(4-9-20-14)15(18)17-5-2-8-21-17/h12-14H,2-11H2,1H3/t12-,13+,14-/m0/s1. The number of amides is 1. The second kappa shape index (κ2) is 7.05. The summed E-state index contributed by atoms with van der Waals surface area (Å²) < 4.78 is 11.1. The Morgan fingerprint density at radius 2 is 2.19 bits per heavy atom. The van der Waals surface area contributed by atoms with Crippen molar-refractivity contribution in [2.75, 3.05) is 53.1 Å². The van der Waals surface area contributed by atoms with Gasteiger partial charge in [-0.05, 0) is 19.3 Å². The first-order valence-electron chi connectivity index (χ1n) is 8.07. The lowest BCUT2D eigenvalue weighted by Gasteiger charge is -2.45. The lowest BCUT2D eigenvalue weighted by atomic mass is 9.79. The molecule has 0 saturated carbocycles. The highest BCUT2D eigenvalue weighted by atomic mass is 16.7. The van der Waals surface area contributed by atoms with Gasteiger partial charge in [0.25, 0.3) is 0 Å². The van der Waals surface area contributed by atoms with Crippen molar-refractivity contribution >= 4 is 5.91 Å². The zero-order valence-electron chi connectivity index (χ0n) is 12.8. The van der Waals surface area contributed by atoms with E-state index in [9.17, 15) is 4.79 Å². The third kappa shape index (κ3) is 3.39. The Kier molecular flexibility index (Phi) is 5.11. The molecule has 0 aromatic heterocycles. The van der Waals surface area contributed by atoms with Crippen LogP contribution in [0.5, 0.6) is 0 Å². The molecule has 0 spiro atoms. The molecule has 0 aliphatic carbocycles. The topological polar surface area (TPSA) is 51.2 Å². The van der Waals surface area contributed by atoms with Gasteiger partial charge in [-0.25, -0.2) is 5.06 Å². The third-order valence-electron chi connectivity index (χ3n) is 4.88. The van der Waals surface area contributed by atoms with Gasteiger partial charge in [0.15, 0.2) is 0 Å².